The molecule has 7 rings (SSSR count). The van der Waals surface area contributed by atoms with Gasteiger partial charge in [0.25, 0.3) is 0 Å². The molecule has 2 unspecified atom stereocenters. The number of aliphatic hydroxyl groups excluding tert-OH is 1. The van der Waals surface area contributed by atoms with Gasteiger partial charge in [-0.25, -0.2) is 0 Å². The molecule has 0 aromatic heterocycles. The highest BCUT2D eigenvalue weighted by atomic mass is 16.3. The van der Waals surface area contributed by atoms with Crippen LogP contribution >= 0.6 is 0 Å². The highest BCUT2D eigenvalue weighted by Gasteiger charge is 2.50. The Morgan fingerprint density at radius 2 is 1.36 bits per heavy atom. The molecule has 0 amide bonds. The summed E-state index contributed by atoms with van der Waals surface area (Å²) >= 11 is 0. The Bertz CT molecular complexity index is 1440. The van der Waals surface area contributed by atoms with E-state index in [2.05, 4.69) is 91.8 Å². The van der Waals surface area contributed by atoms with Crippen LogP contribution in [-0.4, -0.2) is 40.4 Å². The van der Waals surface area contributed by atoms with Crippen molar-refractivity contribution in [2.45, 2.75) is 109 Å². The molecule has 4 heterocycles. The highest BCUT2D eigenvalue weighted by Crippen LogP contribution is 2.49. The Labute approximate surface area is 252 Å². The number of benzene rings is 2. The van der Waals surface area contributed by atoms with Crippen LogP contribution < -0.4 is 4.90 Å². The Balaban J connectivity index is 1.37. The van der Waals surface area contributed by atoms with Crippen LogP contribution in [0.5, 0.6) is 0 Å². The Hall–Kier alpha value is -2.98. The number of anilines is 1. The van der Waals surface area contributed by atoms with E-state index in [9.17, 15) is 9.90 Å². The molecule has 0 spiro atoms. The van der Waals surface area contributed by atoms with Gasteiger partial charge in [-0.15, -0.1) is 0 Å². The summed E-state index contributed by atoms with van der Waals surface area (Å²) in [4.78, 5) is 16.2. The molecule has 2 aromatic rings. The van der Waals surface area contributed by atoms with Crippen molar-refractivity contribution in [1.82, 2.24) is 0 Å². The zero-order valence-electron chi connectivity index (χ0n) is 26.2. The van der Waals surface area contributed by atoms with Crippen LogP contribution in [0.1, 0.15) is 103 Å². The number of allylic oxidation sites excluding steroid dienone is 2. The SMILES string of the molecule is CC1(C)C2=CC3C(=O)C(=CC4=[N+](CCCCCCCCCCCCN2c2ccccc21)c1ccccc1C4(C)C)C3O. The maximum Gasteiger partial charge on any atom is 0.209 e. The summed E-state index contributed by atoms with van der Waals surface area (Å²) in [6.07, 6.45) is 16.0. The van der Waals surface area contributed by atoms with Crippen LogP contribution in [0, 0.1) is 5.92 Å². The minimum Gasteiger partial charge on any atom is -0.387 e. The minimum absolute atomic E-state index is 0.0619. The third-order valence-corrected chi connectivity index (χ3v) is 10.5. The molecule has 1 fully saturated rings. The predicted molar refractivity (Wildman–Crippen MR) is 173 cm³/mol. The van der Waals surface area contributed by atoms with E-state index < -0.39 is 12.0 Å². The lowest BCUT2D eigenvalue weighted by atomic mass is 9.71. The summed E-state index contributed by atoms with van der Waals surface area (Å²) in [7, 11) is 0. The number of carbonyl (C=O) groups excluding carboxylic acids is 1. The molecule has 4 heteroatoms. The van der Waals surface area contributed by atoms with E-state index in [0.29, 0.717) is 5.57 Å². The van der Waals surface area contributed by atoms with Gasteiger partial charge in [-0.1, -0.05) is 101 Å². The number of aliphatic hydroxyl groups is 1. The number of fused-ring (bicyclic) bond motifs is 13. The second-order valence-electron chi connectivity index (χ2n) is 14.0. The number of hydrogen-bond donors (Lipinski definition) is 1. The van der Waals surface area contributed by atoms with Crippen molar-refractivity contribution in [1.29, 1.82) is 0 Å². The summed E-state index contributed by atoms with van der Waals surface area (Å²) in [5.41, 5.74) is 7.51. The monoisotopic (exact) mass is 565 g/mol. The van der Waals surface area contributed by atoms with Crippen LogP contribution in [-0.2, 0) is 15.6 Å². The average molecular weight is 566 g/mol. The number of rotatable bonds is 0. The first kappa shape index (κ1) is 29.1. The predicted octanol–water partition coefficient (Wildman–Crippen LogP) is 8.15. The smallest absolute Gasteiger partial charge is 0.209 e. The molecule has 2 bridgehead atoms. The highest BCUT2D eigenvalue weighted by molar-refractivity contribution is 6.14. The number of ketones is 1. The standard InChI is InChI=1S/C38H49N2O2/c1-37(2)29-19-13-15-21-31(29)39-23-17-11-9-7-5-6-8-10-12-18-24-40-32-22-16-14-20-30(32)38(3,4)34(40)26-28-35(41)27(36(28)42)25-33(37)39/h13-16,19-22,25-27,35,41H,5-12,17-18,23-24H2,1-4H3/q+1. The summed E-state index contributed by atoms with van der Waals surface area (Å²) in [5, 5.41) is 11.5. The van der Waals surface area contributed by atoms with Crippen LogP contribution in [0.2, 0.25) is 0 Å². The minimum atomic E-state index is -0.783. The summed E-state index contributed by atoms with van der Waals surface area (Å²) in [6.45, 7) is 10.9. The molecule has 4 nitrogen and oxygen atoms in total. The number of carbonyl (C=O) groups is 1. The van der Waals surface area contributed by atoms with E-state index in [1.54, 1.807) is 0 Å². The first-order chi connectivity index (χ1) is 20.2. The fraction of sp³-hybridized carbons (Fsp3) is 0.526. The van der Waals surface area contributed by atoms with E-state index in [4.69, 9.17) is 0 Å². The van der Waals surface area contributed by atoms with Gasteiger partial charge in [0.2, 0.25) is 5.69 Å². The third-order valence-electron chi connectivity index (χ3n) is 10.5. The van der Waals surface area contributed by atoms with Gasteiger partial charge in [0.1, 0.15) is 6.54 Å². The first-order valence-corrected chi connectivity index (χ1v) is 16.5. The van der Waals surface area contributed by atoms with Crippen molar-refractivity contribution < 1.29 is 14.5 Å². The van der Waals surface area contributed by atoms with Crippen LogP contribution in [0.15, 0.2) is 72.0 Å². The largest absolute Gasteiger partial charge is 0.387 e. The molecular weight excluding hydrogens is 516 g/mol. The van der Waals surface area contributed by atoms with Gasteiger partial charge in [0.05, 0.1) is 17.4 Å². The van der Waals surface area contributed by atoms with Crippen LogP contribution in [0.4, 0.5) is 11.4 Å². The number of nitrogens with zero attached hydrogens (tertiary/aromatic N) is 2. The molecule has 1 N–H and O–H groups in total. The molecule has 4 aliphatic heterocycles. The topological polar surface area (TPSA) is 43.5 Å². The first-order valence-electron chi connectivity index (χ1n) is 16.5. The van der Waals surface area contributed by atoms with Gasteiger partial charge in [0.15, 0.2) is 11.5 Å². The van der Waals surface area contributed by atoms with Crippen molar-refractivity contribution >= 4 is 22.9 Å². The van der Waals surface area contributed by atoms with Gasteiger partial charge in [-0.3, -0.25) is 4.79 Å². The number of hydrogen-bond acceptors (Lipinski definition) is 3. The molecule has 0 saturated heterocycles. The maximum atomic E-state index is 13.8. The Morgan fingerprint density at radius 3 is 2.05 bits per heavy atom. The van der Waals surface area contributed by atoms with Crippen LogP contribution in [0.25, 0.3) is 0 Å². The van der Waals surface area contributed by atoms with E-state index in [0.717, 1.165) is 37.3 Å². The molecule has 1 saturated carbocycles. The van der Waals surface area contributed by atoms with E-state index in [1.165, 1.54) is 73.9 Å². The van der Waals surface area contributed by atoms with Crippen molar-refractivity contribution in [2.24, 2.45) is 5.92 Å². The lowest BCUT2D eigenvalue weighted by Gasteiger charge is -2.35. The van der Waals surface area contributed by atoms with Gasteiger partial charge in [-0.05, 0) is 38.3 Å². The zero-order chi connectivity index (χ0) is 29.5. The fourth-order valence-corrected chi connectivity index (χ4v) is 7.90. The fourth-order valence-electron chi connectivity index (χ4n) is 7.90. The lowest BCUT2D eigenvalue weighted by molar-refractivity contribution is -0.438. The van der Waals surface area contributed by atoms with E-state index in [-0.39, 0.29) is 16.6 Å². The van der Waals surface area contributed by atoms with Gasteiger partial charge < -0.3 is 10.0 Å². The molecule has 5 aliphatic rings. The van der Waals surface area contributed by atoms with Crippen LogP contribution in [0.3, 0.4) is 0 Å². The van der Waals surface area contributed by atoms with Crippen molar-refractivity contribution in [3.63, 3.8) is 0 Å². The second-order valence-corrected chi connectivity index (χ2v) is 14.0. The normalized spacial score (nSPS) is 26.1. The molecule has 42 heavy (non-hydrogen) atoms. The quantitative estimate of drug-likeness (QED) is 0.328. The molecular formula is C38H49N2O2+. The van der Waals surface area contributed by atoms with Gasteiger partial charge in [-0.2, -0.15) is 4.58 Å². The van der Waals surface area contributed by atoms with Crippen molar-refractivity contribution in [2.75, 3.05) is 18.0 Å². The molecule has 2 aromatic carbocycles. The van der Waals surface area contributed by atoms with Crippen molar-refractivity contribution in [3.05, 3.63) is 83.1 Å². The second kappa shape index (κ2) is 11.6. The third kappa shape index (κ3) is 5.00. The van der Waals surface area contributed by atoms with E-state index >= 15 is 0 Å². The zero-order valence-corrected chi connectivity index (χ0v) is 26.2. The Morgan fingerprint density at radius 1 is 0.762 bits per heavy atom. The summed E-state index contributed by atoms with van der Waals surface area (Å²) in [5.74, 6) is -0.441. The maximum absolute atomic E-state index is 13.8. The molecule has 2 atom stereocenters. The number of para-hydroxylation sites is 2. The molecule has 0 radical (unpaired) electrons. The summed E-state index contributed by atoms with van der Waals surface area (Å²) < 4.78 is 2.43. The average Bonchev–Trinajstić information content (AvgIpc) is 3.33. The number of Topliss-reactive ketones (excluding diaryl/α,β-unsaturated/α-hetero) is 1. The van der Waals surface area contributed by atoms with Crippen molar-refractivity contribution in [3.8, 4) is 0 Å². The lowest BCUT2D eigenvalue weighted by Crippen LogP contribution is -2.46. The van der Waals surface area contributed by atoms with Gasteiger partial charge in [0, 0.05) is 53.0 Å². The van der Waals surface area contributed by atoms with E-state index in [1.807, 2.05) is 6.08 Å². The summed E-state index contributed by atoms with van der Waals surface area (Å²) in [6, 6.07) is 17.3. The molecule has 222 valence electrons. The molecule has 1 aliphatic carbocycles. The Kier molecular flexibility index (Phi) is 8.04. The van der Waals surface area contributed by atoms with Gasteiger partial charge >= 0.3 is 0 Å².